The van der Waals surface area contributed by atoms with E-state index < -0.39 is 0 Å². The van der Waals surface area contributed by atoms with Crippen LogP contribution in [0.2, 0.25) is 0 Å². The molecule has 37 heavy (non-hydrogen) atoms. The summed E-state index contributed by atoms with van der Waals surface area (Å²) in [4.78, 5) is 32.2. The molecule has 1 unspecified atom stereocenters. The zero-order chi connectivity index (χ0) is 25.8. The van der Waals surface area contributed by atoms with E-state index in [4.69, 9.17) is 19.0 Å². The van der Waals surface area contributed by atoms with E-state index >= 15 is 0 Å². The summed E-state index contributed by atoms with van der Waals surface area (Å²) in [5.74, 6) is 0.772. The van der Waals surface area contributed by atoms with Crippen LogP contribution in [0.1, 0.15) is 80.2 Å². The van der Waals surface area contributed by atoms with Gasteiger partial charge >= 0.3 is 5.97 Å². The molecule has 9 heteroatoms. The molecule has 2 aromatic heterocycles. The minimum absolute atomic E-state index is 0.0303. The maximum Gasteiger partial charge on any atom is 0.307 e. The van der Waals surface area contributed by atoms with Crippen LogP contribution < -0.4 is 5.56 Å². The lowest BCUT2D eigenvalue weighted by molar-refractivity contribution is -0.162. The van der Waals surface area contributed by atoms with Crippen molar-refractivity contribution in [1.82, 2.24) is 19.6 Å². The maximum atomic E-state index is 13.4. The molecule has 1 aromatic carbocycles. The Morgan fingerprint density at radius 2 is 1.97 bits per heavy atom. The minimum atomic E-state index is -0.338. The summed E-state index contributed by atoms with van der Waals surface area (Å²) in [5, 5.41) is 5.48. The van der Waals surface area contributed by atoms with Gasteiger partial charge in [-0.3, -0.25) is 14.2 Å². The fourth-order valence-corrected chi connectivity index (χ4v) is 5.55. The summed E-state index contributed by atoms with van der Waals surface area (Å²) in [5.41, 5.74) is 3.49. The summed E-state index contributed by atoms with van der Waals surface area (Å²) in [6.07, 6.45) is 5.09. The van der Waals surface area contributed by atoms with Crippen molar-refractivity contribution >= 4 is 16.9 Å². The molecule has 0 aliphatic carbocycles. The Balaban J connectivity index is 1.19. The maximum absolute atomic E-state index is 13.4. The molecule has 1 atom stereocenters. The first-order chi connectivity index (χ1) is 18.0. The normalized spacial score (nSPS) is 18.7. The Labute approximate surface area is 216 Å². The zero-order valence-corrected chi connectivity index (χ0v) is 21.8. The van der Waals surface area contributed by atoms with Crippen LogP contribution in [0.5, 0.6) is 0 Å². The van der Waals surface area contributed by atoms with Crippen molar-refractivity contribution in [2.45, 2.75) is 77.4 Å². The predicted octanol–water partition coefficient (Wildman–Crippen LogP) is 4.27. The molecule has 5 rings (SSSR count). The van der Waals surface area contributed by atoms with E-state index in [9.17, 15) is 9.59 Å². The predicted molar refractivity (Wildman–Crippen MR) is 138 cm³/mol. The molecule has 0 amide bonds. The molecule has 2 aliphatic heterocycles. The van der Waals surface area contributed by atoms with Gasteiger partial charge in [0.05, 0.1) is 5.69 Å². The number of likely N-dealkylation sites (tertiary alicyclic amines) is 1. The quantitative estimate of drug-likeness (QED) is 0.312. The molecular formula is C28H36N4O5. The smallest absolute Gasteiger partial charge is 0.307 e. The number of esters is 1. The van der Waals surface area contributed by atoms with Gasteiger partial charge in [0.2, 0.25) is 0 Å². The third kappa shape index (κ3) is 5.62. The van der Waals surface area contributed by atoms with Crippen LogP contribution in [-0.4, -0.2) is 52.0 Å². The molecule has 4 heterocycles. The van der Waals surface area contributed by atoms with Gasteiger partial charge in [-0.15, -0.1) is 0 Å². The van der Waals surface area contributed by atoms with E-state index in [-0.39, 0.29) is 24.4 Å². The van der Waals surface area contributed by atoms with Gasteiger partial charge in [-0.2, -0.15) is 0 Å². The van der Waals surface area contributed by atoms with E-state index in [0.717, 1.165) is 79.7 Å². The van der Waals surface area contributed by atoms with Crippen molar-refractivity contribution in [1.29, 1.82) is 0 Å². The van der Waals surface area contributed by atoms with E-state index in [1.165, 1.54) is 0 Å². The lowest BCUT2D eigenvalue weighted by Gasteiger charge is -2.31. The van der Waals surface area contributed by atoms with Gasteiger partial charge in [-0.1, -0.05) is 24.2 Å². The number of nitrogens with zero attached hydrogens (tertiary/aromatic N) is 4. The number of rotatable bonds is 9. The molecule has 1 fully saturated rings. The fraction of sp³-hybridized carbons (Fsp3) is 0.571. The van der Waals surface area contributed by atoms with Crippen molar-refractivity contribution in [2.24, 2.45) is 0 Å². The van der Waals surface area contributed by atoms with Crippen molar-refractivity contribution in [2.75, 3.05) is 26.4 Å². The lowest BCUT2D eigenvalue weighted by atomic mass is 9.91. The number of hydrogen-bond donors (Lipinski definition) is 0. The Morgan fingerprint density at radius 3 is 2.78 bits per heavy atom. The number of aryl methyl sites for hydroxylation is 1. The second-order valence-electron chi connectivity index (χ2n) is 10.1. The molecular weight excluding hydrogens is 472 g/mol. The van der Waals surface area contributed by atoms with Gasteiger partial charge < -0.3 is 18.9 Å². The Bertz CT molecular complexity index is 1290. The van der Waals surface area contributed by atoms with Crippen LogP contribution in [0.25, 0.3) is 11.0 Å². The number of carbonyl (C=O) groups is 1. The Morgan fingerprint density at radius 1 is 1.16 bits per heavy atom. The van der Waals surface area contributed by atoms with Crippen molar-refractivity contribution < 1.29 is 18.8 Å². The molecule has 3 aromatic rings. The summed E-state index contributed by atoms with van der Waals surface area (Å²) in [6, 6.07) is 8.05. The second-order valence-corrected chi connectivity index (χ2v) is 10.1. The van der Waals surface area contributed by atoms with Gasteiger partial charge in [0.25, 0.3) is 5.56 Å². The molecule has 1 saturated heterocycles. The zero-order valence-electron chi connectivity index (χ0n) is 21.8. The molecule has 0 spiro atoms. The van der Waals surface area contributed by atoms with E-state index in [1.54, 1.807) is 4.57 Å². The highest BCUT2D eigenvalue weighted by atomic mass is 16.7. The summed E-state index contributed by atoms with van der Waals surface area (Å²) >= 11 is 0. The molecule has 2 aliphatic rings. The van der Waals surface area contributed by atoms with Gasteiger partial charge in [0.1, 0.15) is 11.9 Å². The first-order valence-electron chi connectivity index (χ1n) is 13.5. The van der Waals surface area contributed by atoms with Gasteiger partial charge in [-0.05, 0) is 70.7 Å². The van der Waals surface area contributed by atoms with Gasteiger partial charge in [-0.25, -0.2) is 4.98 Å². The van der Waals surface area contributed by atoms with Crippen LogP contribution in [0.15, 0.2) is 33.6 Å². The van der Waals surface area contributed by atoms with Crippen LogP contribution in [0.3, 0.4) is 0 Å². The Hall–Kier alpha value is -3.04. The fourth-order valence-electron chi connectivity index (χ4n) is 5.55. The third-order valence-corrected chi connectivity index (χ3v) is 7.64. The number of aromatic nitrogens is 3. The molecule has 0 saturated carbocycles. The van der Waals surface area contributed by atoms with E-state index in [1.807, 2.05) is 32.0 Å². The van der Waals surface area contributed by atoms with Crippen molar-refractivity contribution in [3.8, 4) is 0 Å². The average molecular weight is 509 g/mol. The minimum Gasteiger partial charge on any atom is -0.438 e. The SMILES string of the molecule is CCCC(=O)OCOC1CCCn2c1nc(C)c(CCN1CCC(c3noc4ccccc34)CC1)c2=O. The molecule has 198 valence electrons. The highest BCUT2D eigenvalue weighted by molar-refractivity contribution is 5.79. The summed E-state index contributed by atoms with van der Waals surface area (Å²) in [6.45, 7) is 7.14. The summed E-state index contributed by atoms with van der Waals surface area (Å²) in [7, 11) is 0. The van der Waals surface area contributed by atoms with E-state index in [0.29, 0.717) is 31.1 Å². The van der Waals surface area contributed by atoms with Crippen molar-refractivity contribution in [3.63, 3.8) is 0 Å². The highest BCUT2D eigenvalue weighted by Crippen LogP contribution is 2.32. The van der Waals surface area contributed by atoms with Crippen LogP contribution in [0, 0.1) is 6.92 Å². The van der Waals surface area contributed by atoms with Crippen LogP contribution in [0.4, 0.5) is 0 Å². The first-order valence-corrected chi connectivity index (χ1v) is 13.5. The first kappa shape index (κ1) is 25.6. The second kappa shape index (κ2) is 11.6. The number of fused-ring (bicyclic) bond motifs is 2. The monoisotopic (exact) mass is 508 g/mol. The molecule has 0 N–H and O–H groups in total. The van der Waals surface area contributed by atoms with Crippen LogP contribution >= 0.6 is 0 Å². The topological polar surface area (TPSA) is 99.7 Å². The molecule has 0 radical (unpaired) electrons. The van der Waals surface area contributed by atoms with Crippen molar-refractivity contribution in [3.05, 3.63) is 57.4 Å². The van der Waals surface area contributed by atoms with Gasteiger partial charge in [0, 0.05) is 42.1 Å². The van der Waals surface area contributed by atoms with Crippen LogP contribution in [-0.2, 0) is 27.2 Å². The number of piperidine rings is 1. The average Bonchev–Trinajstić information content (AvgIpc) is 3.34. The molecule has 9 nitrogen and oxygen atoms in total. The largest absolute Gasteiger partial charge is 0.438 e. The standard InChI is InChI=1S/C28H36N4O5/c1-3-7-25(33)36-18-35-24-10-6-14-32-27(24)29-19(2)21(28(32)34)13-17-31-15-11-20(12-16-31)26-22-8-4-5-9-23(22)37-30-26/h4-5,8-9,20,24H,3,6-7,10-18H2,1-2H3. The lowest BCUT2D eigenvalue weighted by Crippen LogP contribution is -2.38. The number of benzene rings is 1. The van der Waals surface area contributed by atoms with Gasteiger partial charge in [0.15, 0.2) is 12.4 Å². The summed E-state index contributed by atoms with van der Waals surface area (Å²) < 4.78 is 18.2. The number of hydrogen-bond acceptors (Lipinski definition) is 8. The molecule has 0 bridgehead atoms. The number of carbonyl (C=O) groups excluding carboxylic acids is 1. The Kier molecular flexibility index (Phi) is 8.00. The number of ether oxygens (including phenoxy) is 2. The number of para-hydroxylation sites is 1. The highest BCUT2D eigenvalue weighted by Gasteiger charge is 2.28. The van der Waals surface area contributed by atoms with E-state index in [2.05, 4.69) is 16.1 Å². The third-order valence-electron chi connectivity index (χ3n) is 7.64.